The van der Waals surface area contributed by atoms with Crippen molar-refractivity contribution >= 4 is 33.2 Å². The minimum atomic E-state index is -3.62. The Morgan fingerprint density at radius 3 is 2.57 bits per heavy atom. The van der Waals surface area contributed by atoms with E-state index < -0.39 is 10.0 Å². The molecule has 0 aromatic heterocycles. The molecule has 0 radical (unpaired) electrons. The molecule has 0 amide bonds. The number of sulfonamides is 1. The molecule has 1 fully saturated rings. The van der Waals surface area contributed by atoms with Crippen molar-refractivity contribution in [1.29, 1.82) is 0 Å². The molecule has 2 aliphatic rings. The van der Waals surface area contributed by atoms with E-state index >= 15 is 0 Å². The summed E-state index contributed by atoms with van der Waals surface area (Å²) in [7, 11) is -2.14. The number of allylic oxidation sites excluding steroid dienone is 4. The van der Waals surface area contributed by atoms with Crippen molar-refractivity contribution in [1.82, 2.24) is 4.31 Å². The first-order chi connectivity index (χ1) is 14.2. The lowest BCUT2D eigenvalue weighted by Gasteiger charge is -2.21. The van der Waals surface area contributed by atoms with Gasteiger partial charge in [0.25, 0.3) is 10.0 Å². The van der Waals surface area contributed by atoms with Crippen LogP contribution in [-0.4, -0.2) is 26.1 Å². The summed E-state index contributed by atoms with van der Waals surface area (Å²) in [6.45, 7) is 5.95. The third-order valence-corrected chi connectivity index (χ3v) is 7.70. The van der Waals surface area contributed by atoms with Crippen molar-refractivity contribution in [3.05, 3.63) is 71.1 Å². The molecule has 1 heterocycles. The van der Waals surface area contributed by atoms with Gasteiger partial charge in [-0.2, -0.15) is 0 Å². The van der Waals surface area contributed by atoms with Crippen LogP contribution in [0.15, 0.2) is 58.4 Å². The van der Waals surface area contributed by atoms with Crippen LogP contribution in [0.5, 0.6) is 0 Å². The summed E-state index contributed by atoms with van der Waals surface area (Å²) in [5.74, 6) is 0.971. The standard InChI is InChI=1S/C24H25FN2O2S/c1-15-11-18(15)5-8-21(17(3)19-6-9-22(25)16(2)12-19)20-7-10-23-24(13-20)30(28,29)27(4)14-26-23/h5-10,12-15,18H,11H2,1-4H3/b8-5-,21-17-. The van der Waals surface area contributed by atoms with Gasteiger partial charge < -0.3 is 0 Å². The Balaban J connectivity index is 1.87. The summed E-state index contributed by atoms with van der Waals surface area (Å²) in [6, 6.07) is 10.4. The van der Waals surface area contributed by atoms with E-state index in [0.29, 0.717) is 23.1 Å². The third kappa shape index (κ3) is 3.72. The maximum atomic E-state index is 13.8. The SMILES string of the molecule is C/C(=C(\C=C/C1CC1C)c1ccc2c(c1)S(=O)(=O)N(C)C=N2)c1ccc(F)c(C)c1. The minimum absolute atomic E-state index is 0.193. The molecule has 0 bridgehead atoms. The summed E-state index contributed by atoms with van der Waals surface area (Å²) < 4.78 is 40.5. The Hall–Kier alpha value is -2.73. The van der Waals surface area contributed by atoms with Gasteiger partial charge in [-0.3, -0.25) is 4.31 Å². The Bertz CT molecular complexity index is 1210. The van der Waals surface area contributed by atoms with Gasteiger partial charge in [0.05, 0.1) is 5.69 Å². The first-order valence-electron chi connectivity index (χ1n) is 10.0. The van der Waals surface area contributed by atoms with Gasteiger partial charge in [0, 0.05) is 7.05 Å². The number of aryl methyl sites for hydroxylation is 1. The summed E-state index contributed by atoms with van der Waals surface area (Å²) in [6.07, 6.45) is 6.75. The molecule has 1 saturated carbocycles. The Morgan fingerprint density at radius 2 is 1.90 bits per heavy atom. The predicted molar refractivity (Wildman–Crippen MR) is 120 cm³/mol. The van der Waals surface area contributed by atoms with Gasteiger partial charge in [0.15, 0.2) is 0 Å². The van der Waals surface area contributed by atoms with Gasteiger partial charge in [0.1, 0.15) is 17.1 Å². The molecule has 2 atom stereocenters. The number of hydrogen-bond acceptors (Lipinski definition) is 3. The zero-order valence-corrected chi connectivity index (χ0v) is 18.4. The van der Waals surface area contributed by atoms with E-state index in [1.165, 1.54) is 19.5 Å². The number of benzene rings is 2. The highest BCUT2D eigenvalue weighted by Crippen LogP contribution is 2.41. The molecular formula is C24H25FN2O2S. The molecule has 0 spiro atoms. The fraction of sp³-hybridized carbons (Fsp3) is 0.292. The van der Waals surface area contributed by atoms with E-state index in [2.05, 4.69) is 24.1 Å². The molecular weight excluding hydrogens is 399 g/mol. The van der Waals surface area contributed by atoms with E-state index in [0.717, 1.165) is 33.0 Å². The zero-order valence-electron chi connectivity index (χ0n) is 17.6. The zero-order chi connectivity index (χ0) is 21.6. The lowest BCUT2D eigenvalue weighted by Crippen LogP contribution is -2.27. The molecule has 1 aliphatic heterocycles. The lowest BCUT2D eigenvalue weighted by atomic mass is 9.94. The molecule has 2 aromatic rings. The van der Waals surface area contributed by atoms with Crippen LogP contribution in [0.3, 0.4) is 0 Å². The maximum Gasteiger partial charge on any atom is 0.266 e. The first kappa shape index (κ1) is 20.5. The van der Waals surface area contributed by atoms with Crippen molar-refractivity contribution in [3.8, 4) is 0 Å². The molecule has 0 N–H and O–H groups in total. The van der Waals surface area contributed by atoms with Crippen molar-refractivity contribution in [2.45, 2.75) is 32.1 Å². The summed E-state index contributed by atoms with van der Waals surface area (Å²) in [5, 5.41) is 0. The van der Waals surface area contributed by atoms with Gasteiger partial charge in [-0.25, -0.2) is 17.8 Å². The maximum absolute atomic E-state index is 13.8. The summed E-state index contributed by atoms with van der Waals surface area (Å²) in [4.78, 5) is 4.43. The molecule has 1 aliphatic carbocycles. The number of rotatable bonds is 4. The average Bonchev–Trinajstić information content (AvgIpc) is 3.42. The topological polar surface area (TPSA) is 49.7 Å². The largest absolute Gasteiger partial charge is 0.266 e. The molecule has 0 saturated heterocycles. The number of fused-ring (bicyclic) bond motifs is 1. The molecule has 4 rings (SSSR count). The summed E-state index contributed by atoms with van der Waals surface area (Å²) in [5.41, 5.74) is 4.61. The van der Waals surface area contributed by atoms with Gasteiger partial charge in [-0.15, -0.1) is 0 Å². The highest BCUT2D eigenvalue weighted by atomic mass is 32.2. The van der Waals surface area contributed by atoms with E-state index in [1.807, 2.05) is 19.1 Å². The molecule has 2 unspecified atom stereocenters. The van der Waals surface area contributed by atoms with Crippen LogP contribution in [-0.2, 0) is 10.0 Å². The van der Waals surface area contributed by atoms with Crippen molar-refractivity contribution in [2.24, 2.45) is 16.8 Å². The lowest BCUT2D eigenvalue weighted by molar-refractivity contribution is 0.553. The first-order valence-corrected chi connectivity index (χ1v) is 11.4. The van der Waals surface area contributed by atoms with Crippen LogP contribution in [0.2, 0.25) is 0 Å². The van der Waals surface area contributed by atoms with E-state index in [-0.39, 0.29) is 10.7 Å². The molecule has 4 nitrogen and oxygen atoms in total. The van der Waals surface area contributed by atoms with Crippen molar-refractivity contribution in [3.63, 3.8) is 0 Å². The third-order valence-electron chi connectivity index (χ3n) is 5.96. The van der Waals surface area contributed by atoms with E-state index in [4.69, 9.17) is 0 Å². The van der Waals surface area contributed by atoms with Gasteiger partial charge in [-0.1, -0.05) is 31.2 Å². The van der Waals surface area contributed by atoms with E-state index in [9.17, 15) is 12.8 Å². The second-order valence-electron chi connectivity index (χ2n) is 8.19. The van der Waals surface area contributed by atoms with Crippen molar-refractivity contribution < 1.29 is 12.8 Å². The Kier molecular flexibility index (Phi) is 5.14. The van der Waals surface area contributed by atoms with Crippen LogP contribution in [0.4, 0.5) is 10.1 Å². The van der Waals surface area contributed by atoms with Crippen LogP contribution >= 0.6 is 0 Å². The van der Waals surface area contributed by atoms with Crippen LogP contribution in [0, 0.1) is 24.6 Å². The summed E-state index contributed by atoms with van der Waals surface area (Å²) >= 11 is 0. The van der Waals surface area contributed by atoms with Gasteiger partial charge in [-0.05, 0) is 84.2 Å². The number of hydrogen-bond donors (Lipinski definition) is 0. The van der Waals surface area contributed by atoms with Gasteiger partial charge in [0.2, 0.25) is 0 Å². The number of nitrogens with zero attached hydrogens (tertiary/aromatic N) is 2. The van der Waals surface area contributed by atoms with E-state index in [1.54, 1.807) is 25.1 Å². The molecule has 6 heteroatoms. The molecule has 2 aromatic carbocycles. The van der Waals surface area contributed by atoms with Crippen LogP contribution in [0.1, 0.15) is 37.0 Å². The predicted octanol–water partition coefficient (Wildman–Crippen LogP) is 5.57. The smallest absolute Gasteiger partial charge is 0.259 e. The minimum Gasteiger partial charge on any atom is -0.259 e. The van der Waals surface area contributed by atoms with Gasteiger partial charge >= 0.3 is 0 Å². The second kappa shape index (κ2) is 7.51. The monoisotopic (exact) mass is 424 g/mol. The number of aliphatic imine (C=N–C) groups is 1. The van der Waals surface area contributed by atoms with Crippen molar-refractivity contribution in [2.75, 3.05) is 7.05 Å². The number of halogens is 1. The van der Waals surface area contributed by atoms with Crippen LogP contribution < -0.4 is 0 Å². The second-order valence-corrected chi connectivity index (χ2v) is 10.2. The quantitative estimate of drug-likeness (QED) is 0.476. The normalized spacial score (nSPS) is 22.8. The fourth-order valence-electron chi connectivity index (χ4n) is 3.67. The van der Waals surface area contributed by atoms with Crippen LogP contribution in [0.25, 0.3) is 11.1 Å². The Labute approximate surface area is 177 Å². The Morgan fingerprint density at radius 1 is 1.20 bits per heavy atom. The highest BCUT2D eigenvalue weighted by Gasteiger charge is 2.30. The fourth-order valence-corrected chi connectivity index (χ4v) is 4.81. The molecule has 156 valence electrons. The molecule has 30 heavy (non-hydrogen) atoms. The average molecular weight is 425 g/mol. The highest BCUT2D eigenvalue weighted by molar-refractivity contribution is 7.89.